The van der Waals surface area contributed by atoms with Gasteiger partial charge in [0.1, 0.15) is 5.37 Å². The van der Waals surface area contributed by atoms with Crippen molar-refractivity contribution >= 4 is 23.1 Å². The van der Waals surface area contributed by atoms with Gasteiger partial charge < -0.3 is 15.6 Å². The van der Waals surface area contributed by atoms with Crippen molar-refractivity contribution in [2.24, 2.45) is 0 Å². The lowest BCUT2D eigenvalue weighted by Gasteiger charge is -2.25. The Morgan fingerprint density at radius 2 is 1.83 bits per heavy atom. The van der Waals surface area contributed by atoms with Gasteiger partial charge in [0.25, 0.3) is 0 Å². The molecule has 92 valence electrons. The first-order valence-electron chi connectivity index (χ1n) is 5.77. The van der Waals surface area contributed by atoms with E-state index in [2.05, 4.69) is 17.4 Å². The maximum Gasteiger partial charge on any atom is 0.103 e. The van der Waals surface area contributed by atoms with E-state index in [1.165, 1.54) is 23.2 Å². The second-order valence-corrected chi connectivity index (χ2v) is 5.37. The molecule has 3 rings (SSSR count). The fourth-order valence-electron chi connectivity index (χ4n) is 2.00. The molecule has 1 aliphatic rings. The second kappa shape index (κ2) is 4.55. The minimum absolute atomic E-state index is 0.230. The molecule has 18 heavy (non-hydrogen) atoms. The van der Waals surface area contributed by atoms with E-state index in [1.807, 2.05) is 36.4 Å². The zero-order valence-electron chi connectivity index (χ0n) is 9.96. The van der Waals surface area contributed by atoms with Crippen LogP contribution in [0.2, 0.25) is 0 Å². The van der Waals surface area contributed by atoms with E-state index in [4.69, 9.17) is 0 Å². The fourth-order valence-corrected chi connectivity index (χ4v) is 3.14. The third kappa shape index (κ3) is 2.05. The van der Waals surface area contributed by atoms with Crippen LogP contribution >= 0.6 is 11.8 Å². The van der Waals surface area contributed by atoms with E-state index >= 15 is 0 Å². The minimum atomic E-state index is 0.230. The monoisotopic (exact) mass is 257 g/mol. The summed E-state index contributed by atoms with van der Waals surface area (Å²) in [7, 11) is 1.51. The minimum Gasteiger partial charge on any atom is -0.758 e. The maximum atomic E-state index is 11.2. The molecule has 0 fully saturated rings. The van der Waals surface area contributed by atoms with Gasteiger partial charge in [0.05, 0.1) is 0 Å². The lowest BCUT2D eigenvalue weighted by molar-refractivity contribution is 1.13. The summed E-state index contributed by atoms with van der Waals surface area (Å²) >= 11 is 1.80. The Bertz CT molecular complexity index is 529. The van der Waals surface area contributed by atoms with Gasteiger partial charge in [-0.1, -0.05) is 36.0 Å². The summed E-state index contributed by atoms with van der Waals surface area (Å²) in [6.07, 6.45) is 0. The van der Waals surface area contributed by atoms with Crippen LogP contribution in [0.5, 0.6) is 0 Å². The van der Waals surface area contributed by atoms with Crippen LogP contribution < -0.4 is 10.4 Å². The fraction of sp³-hybridized carbons (Fsp3) is 0.143. The van der Waals surface area contributed by atoms with Gasteiger partial charge >= 0.3 is 0 Å². The molecule has 4 heteroatoms. The Labute approximate surface area is 110 Å². The molecule has 0 spiro atoms. The lowest BCUT2D eigenvalue weighted by Crippen LogP contribution is -2.06. The third-order valence-electron chi connectivity index (χ3n) is 2.98. The van der Waals surface area contributed by atoms with Crippen LogP contribution in [-0.2, 0) is 0 Å². The van der Waals surface area contributed by atoms with Crippen molar-refractivity contribution < 1.29 is 0 Å². The number of benzene rings is 2. The van der Waals surface area contributed by atoms with Gasteiger partial charge in [-0.3, -0.25) is 0 Å². The number of anilines is 2. The maximum absolute atomic E-state index is 11.2. The molecule has 2 aromatic rings. The highest BCUT2D eigenvalue weighted by Gasteiger charge is 2.21. The first-order chi connectivity index (χ1) is 8.74. The molecular formula is C14H13N2OS-. The van der Waals surface area contributed by atoms with Gasteiger partial charge in [-0.25, -0.2) is 0 Å². The third-order valence-corrected chi connectivity index (χ3v) is 4.21. The van der Waals surface area contributed by atoms with Crippen LogP contribution in [0.4, 0.5) is 11.4 Å². The molecule has 0 bridgehead atoms. The van der Waals surface area contributed by atoms with Crippen molar-refractivity contribution in [1.29, 1.82) is 0 Å². The lowest BCUT2D eigenvalue weighted by atomic mass is 10.2. The Kier molecular flexibility index (Phi) is 2.89. The molecule has 1 aliphatic heterocycles. The van der Waals surface area contributed by atoms with Crippen LogP contribution in [-0.4, -0.2) is 7.05 Å². The van der Waals surface area contributed by atoms with Gasteiger partial charge in [-0.15, -0.1) is 0 Å². The van der Waals surface area contributed by atoms with Crippen molar-refractivity contribution in [1.82, 2.24) is 0 Å². The van der Waals surface area contributed by atoms with E-state index in [0.29, 0.717) is 5.69 Å². The molecule has 0 saturated carbocycles. The molecule has 1 N–H and O–H groups in total. The largest absolute Gasteiger partial charge is 0.758 e. The topological polar surface area (TPSA) is 38.3 Å². The van der Waals surface area contributed by atoms with Gasteiger partial charge in [-0.05, 0) is 36.9 Å². The first kappa shape index (κ1) is 11.4. The Hall–Kier alpha value is -1.65. The summed E-state index contributed by atoms with van der Waals surface area (Å²) in [6.45, 7) is 0. The van der Waals surface area contributed by atoms with Crippen LogP contribution in [0, 0.1) is 5.21 Å². The predicted octanol–water partition coefficient (Wildman–Crippen LogP) is 3.84. The van der Waals surface area contributed by atoms with E-state index in [1.54, 1.807) is 11.8 Å². The smallest absolute Gasteiger partial charge is 0.103 e. The molecular weight excluding hydrogens is 244 g/mol. The summed E-state index contributed by atoms with van der Waals surface area (Å²) in [6, 6.07) is 16.0. The Balaban J connectivity index is 1.82. The van der Waals surface area contributed by atoms with Crippen molar-refractivity contribution in [3.8, 4) is 0 Å². The van der Waals surface area contributed by atoms with Gasteiger partial charge in [0.2, 0.25) is 0 Å². The van der Waals surface area contributed by atoms with Gasteiger partial charge in [0.15, 0.2) is 0 Å². The molecule has 1 atom stereocenters. The number of fused-ring (bicyclic) bond motifs is 1. The summed E-state index contributed by atoms with van der Waals surface area (Å²) in [5, 5.41) is 15.7. The van der Waals surface area contributed by atoms with Crippen molar-refractivity contribution in [2.45, 2.75) is 10.3 Å². The average molecular weight is 257 g/mol. The highest BCUT2D eigenvalue weighted by atomic mass is 32.2. The highest BCUT2D eigenvalue weighted by Crippen LogP contribution is 2.46. The zero-order chi connectivity index (χ0) is 12.5. The quantitative estimate of drug-likeness (QED) is 0.830. The Morgan fingerprint density at radius 3 is 2.50 bits per heavy atom. The van der Waals surface area contributed by atoms with Crippen molar-refractivity contribution in [3.05, 3.63) is 59.3 Å². The normalized spacial score (nSPS) is 17.1. The predicted molar refractivity (Wildman–Crippen MR) is 76.9 cm³/mol. The SMILES string of the molecule is CN([O-])c1ccc(C2Nc3ccccc3S2)cc1. The summed E-state index contributed by atoms with van der Waals surface area (Å²) in [5.74, 6) is 0. The molecule has 1 heterocycles. The number of rotatable bonds is 2. The van der Waals surface area contributed by atoms with Crippen LogP contribution in [0.25, 0.3) is 0 Å². The number of hydroxylamine groups is 1. The standard InChI is InChI=1S/C14H13N2OS/c1-16(17)11-8-6-10(7-9-11)14-15-12-4-2-3-5-13(12)18-14/h2-9,14-15H,1H3/q-1. The average Bonchev–Trinajstić information content (AvgIpc) is 2.82. The molecule has 0 radical (unpaired) electrons. The molecule has 0 aromatic heterocycles. The van der Waals surface area contributed by atoms with Gasteiger partial charge in [0, 0.05) is 16.3 Å². The number of para-hydroxylation sites is 1. The number of hydrogen-bond donors (Lipinski definition) is 1. The van der Waals surface area contributed by atoms with Crippen LogP contribution in [0.3, 0.4) is 0 Å². The summed E-state index contributed by atoms with van der Waals surface area (Å²) in [4.78, 5) is 1.27. The van der Waals surface area contributed by atoms with Crippen LogP contribution in [0.15, 0.2) is 53.4 Å². The first-order valence-corrected chi connectivity index (χ1v) is 6.65. The molecule has 0 amide bonds. The number of thioether (sulfide) groups is 1. The molecule has 3 nitrogen and oxygen atoms in total. The Morgan fingerprint density at radius 1 is 1.11 bits per heavy atom. The number of nitrogens with one attached hydrogen (secondary N) is 1. The van der Waals surface area contributed by atoms with E-state index in [9.17, 15) is 5.21 Å². The summed E-state index contributed by atoms with van der Waals surface area (Å²) in [5.41, 5.74) is 3.04. The molecule has 1 unspecified atom stereocenters. The van der Waals surface area contributed by atoms with E-state index in [0.717, 1.165) is 5.06 Å². The highest BCUT2D eigenvalue weighted by molar-refractivity contribution is 8.00. The summed E-state index contributed by atoms with van der Waals surface area (Å²) < 4.78 is 0. The zero-order valence-corrected chi connectivity index (χ0v) is 10.8. The van der Waals surface area contributed by atoms with Crippen molar-refractivity contribution in [3.63, 3.8) is 0 Å². The molecule has 0 aliphatic carbocycles. The number of hydrogen-bond acceptors (Lipinski definition) is 4. The van der Waals surface area contributed by atoms with Crippen molar-refractivity contribution in [2.75, 3.05) is 17.4 Å². The van der Waals surface area contributed by atoms with Crippen LogP contribution in [0.1, 0.15) is 10.9 Å². The number of nitrogens with zero attached hydrogens (tertiary/aromatic N) is 1. The molecule has 0 saturated heterocycles. The van der Waals surface area contributed by atoms with E-state index < -0.39 is 0 Å². The van der Waals surface area contributed by atoms with E-state index in [-0.39, 0.29) is 5.37 Å². The second-order valence-electron chi connectivity index (χ2n) is 4.23. The molecule has 2 aromatic carbocycles. The van der Waals surface area contributed by atoms with Gasteiger partial charge in [-0.2, -0.15) is 0 Å².